The summed E-state index contributed by atoms with van der Waals surface area (Å²) in [5.41, 5.74) is 0.0777. The number of nitrogens with zero attached hydrogens (tertiary/aromatic N) is 4. The smallest absolute Gasteiger partial charge is 0.320 e. The van der Waals surface area contributed by atoms with Gasteiger partial charge in [0.15, 0.2) is 5.82 Å². The van der Waals surface area contributed by atoms with Crippen LogP contribution in [-0.4, -0.2) is 58.7 Å². The molecule has 0 saturated carbocycles. The number of aromatic nitrogens is 2. The number of hydrogen-bond donors (Lipinski definition) is 1. The van der Waals surface area contributed by atoms with Crippen molar-refractivity contribution >= 4 is 11.9 Å². The maximum atomic E-state index is 12.9. The number of likely N-dealkylation sites (N-methyl/N-ethyl adjacent to an activating group) is 1. The maximum Gasteiger partial charge on any atom is 0.320 e. The molecule has 3 heterocycles. The Hall–Kier alpha value is -1.76. The van der Waals surface area contributed by atoms with Gasteiger partial charge in [-0.3, -0.25) is 9.69 Å². The number of piperidine rings is 1. The van der Waals surface area contributed by atoms with Crippen LogP contribution in [0.4, 0.5) is 10.3 Å². The van der Waals surface area contributed by atoms with Gasteiger partial charge in [0.1, 0.15) is 6.04 Å². The molecular formula is C14H19FN4O2. The molecule has 1 atom stereocenters. The molecule has 0 aliphatic carbocycles. The largest absolute Gasteiger partial charge is 0.480 e. The van der Waals surface area contributed by atoms with E-state index in [1.54, 1.807) is 0 Å². The number of hydrogen-bond acceptors (Lipinski definition) is 5. The zero-order valence-corrected chi connectivity index (χ0v) is 12.0. The van der Waals surface area contributed by atoms with E-state index in [4.69, 9.17) is 0 Å². The third-order valence-corrected chi connectivity index (χ3v) is 4.74. The number of likely N-dealkylation sites (tertiary alicyclic amines) is 1. The van der Waals surface area contributed by atoms with Crippen LogP contribution in [0.15, 0.2) is 12.4 Å². The van der Waals surface area contributed by atoms with Gasteiger partial charge in [0.25, 0.3) is 0 Å². The van der Waals surface area contributed by atoms with Gasteiger partial charge in [-0.05, 0) is 31.7 Å². The summed E-state index contributed by atoms with van der Waals surface area (Å²) in [5, 5.41) is 9.25. The first-order chi connectivity index (χ1) is 9.99. The summed E-state index contributed by atoms with van der Waals surface area (Å²) in [4.78, 5) is 23.2. The van der Waals surface area contributed by atoms with Crippen molar-refractivity contribution in [3.63, 3.8) is 0 Å². The molecular weight excluding hydrogens is 275 g/mol. The third kappa shape index (κ3) is 2.70. The maximum absolute atomic E-state index is 12.9. The molecule has 2 aliphatic rings. The number of rotatable bonds is 2. The van der Waals surface area contributed by atoms with Crippen LogP contribution in [0.25, 0.3) is 0 Å². The van der Waals surface area contributed by atoms with Crippen molar-refractivity contribution in [2.75, 3.05) is 31.6 Å². The molecule has 0 aromatic carbocycles. The molecule has 0 bridgehead atoms. The fourth-order valence-corrected chi connectivity index (χ4v) is 3.56. The minimum atomic E-state index is -0.737. The standard InChI is InChI=1S/C14H19FN4O2/c1-18-9-14(6-11(18)12(20)21)2-4-19(5-3-14)13-16-7-10(15)8-17-13/h7-8,11H,2-6,9H2,1H3,(H,20,21)/t11-/m0/s1. The van der Waals surface area contributed by atoms with E-state index >= 15 is 0 Å². The van der Waals surface area contributed by atoms with E-state index in [-0.39, 0.29) is 11.5 Å². The van der Waals surface area contributed by atoms with E-state index in [2.05, 4.69) is 9.97 Å². The number of halogens is 1. The zero-order valence-electron chi connectivity index (χ0n) is 12.0. The molecule has 21 heavy (non-hydrogen) atoms. The Morgan fingerprint density at radius 2 is 2.00 bits per heavy atom. The molecule has 2 aliphatic heterocycles. The average Bonchev–Trinajstić information content (AvgIpc) is 2.78. The van der Waals surface area contributed by atoms with Crippen molar-refractivity contribution in [1.82, 2.24) is 14.9 Å². The highest BCUT2D eigenvalue weighted by atomic mass is 19.1. The van der Waals surface area contributed by atoms with Gasteiger partial charge in [-0.1, -0.05) is 0 Å². The Labute approximate surface area is 122 Å². The predicted octanol–water partition coefficient (Wildman–Crippen LogP) is 0.991. The molecule has 1 aromatic heterocycles. The summed E-state index contributed by atoms with van der Waals surface area (Å²) in [6.07, 6.45) is 4.90. The number of carboxylic acids is 1. The van der Waals surface area contributed by atoms with Gasteiger partial charge in [-0.25, -0.2) is 14.4 Å². The first kappa shape index (κ1) is 14.2. The van der Waals surface area contributed by atoms with Gasteiger partial charge in [-0.2, -0.15) is 0 Å². The Morgan fingerprint density at radius 3 is 2.52 bits per heavy atom. The summed E-state index contributed by atoms with van der Waals surface area (Å²) in [6, 6.07) is -0.376. The lowest BCUT2D eigenvalue weighted by atomic mass is 9.76. The highest BCUT2D eigenvalue weighted by molar-refractivity contribution is 5.74. The van der Waals surface area contributed by atoms with Gasteiger partial charge in [0, 0.05) is 19.6 Å². The molecule has 1 N–H and O–H groups in total. The van der Waals surface area contributed by atoms with Crippen molar-refractivity contribution in [1.29, 1.82) is 0 Å². The Balaban J connectivity index is 1.65. The van der Waals surface area contributed by atoms with E-state index in [1.807, 2.05) is 16.8 Å². The fourth-order valence-electron chi connectivity index (χ4n) is 3.56. The summed E-state index contributed by atoms with van der Waals surface area (Å²) in [6.45, 7) is 2.39. The van der Waals surface area contributed by atoms with Gasteiger partial charge in [-0.15, -0.1) is 0 Å². The van der Waals surface area contributed by atoms with Crippen LogP contribution in [0.5, 0.6) is 0 Å². The van der Waals surface area contributed by atoms with E-state index < -0.39 is 11.8 Å². The minimum Gasteiger partial charge on any atom is -0.480 e. The van der Waals surface area contributed by atoms with E-state index in [0.29, 0.717) is 12.4 Å². The number of aliphatic carboxylic acids is 1. The van der Waals surface area contributed by atoms with Crippen molar-refractivity contribution in [2.24, 2.45) is 5.41 Å². The lowest BCUT2D eigenvalue weighted by Crippen LogP contribution is -2.42. The quantitative estimate of drug-likeness (QED) is 0.877. The molecule has 0 radical (unpaired) electrons. The first-order valence-corrected chi connectivity index (χ1v) is 7.15. The zero-order chi connectivity index (χ0) is 15.0. The molecule has 2 fully saturated rings. The van der Waals surface area contributed by atoms with Gasteiger partial charge in [0.05, 0.1) is 12.4 Å². The average molecular weight is 294 g/mol. The van der Waals surface area contributed by atoms with Gasteiger partial charge < -0.3 is 10.0 Å². The molecule has 7 heteroatoms. The van der Waals surface area contributed by atoms with Crippen molar-refractivity contribution in [2.45, 2.75) is 25.3 Å². The van der Waals surface area contributed by atoms with Crippen LogP contribution in [-0.2, 0) is 4.79 Å². The second-order valence-corrected chi connectivity index (χ2v) is 6.16. The monoisotopic (exact) mass is 294 g/mol. The molecule has 114 valence electrons. The van der Waals surface area contributed by atoms with Gasteiger partial charge >= 0.3 is 5.97 Å². The Bertz CT molecular complexity index is 528. The number of carboxylic acid groups (broad SMARTS) is 1. The van der Waals surface area contributed by atoms with E-state index in [1.165, 1.54) is 12.4 Å². The van der Waals surface area contributed by atoms with Crippen LogP contribution in [0, 0.1) is 11.2 Å². The SMILES string of the molecule is CN1CC2(CCN(c3ncc(F)cn3)CC2)C[C@H]1C(=O)O. The topological polar surface area (TPSA) is 69.6 Å². The van der Waals surface area contributed by atoms with E-state index in [0.717, 1.165) is 32.5 Å². The summed E-state index contributed by atoms with van der Waals surface area (Å²) >= 11 is 0. The van der Waals surface area contributed by atoms with Gasteiger partial charge in [0.2, 0.25) is 5.95 Å². The van der Waals surface area contributed by atoms with Crippen LogP contribution in [0.2, 0.25) is 0 Å². The Kier molecular flexibility index (Phi) is 3.52. The minimum absolute atomic E-state index is 0.0777. The van der Waals surface area contributed by atoms with Crippen LogP contribution < -0.4 is 4.90 Å². The lowest BCUT2D eigenvalue weighted by Gasteiger charge is -2.39. The lowest BCUT2D eigenvalue weighted by molar-refractivity contribution is -0.141. The second kappa shape index (κ2) is 5.22. The second-order valence-electron chi connectivity index (χ2n) is 6.16. The molecule has 3 rings (SSSR count). The normalized spacial score (nSPS) is 25.4. The van der Waals surface area contributed by atoms with Crippen LogP contribution in [0.1, 0.15) is 19.3 Å². The van der Waals surface area contributed by atoms with E-state index in [9.17, 15) is 14.3 Å². The van der Waals surface area contributed by atoms with Crippen LogP contribution >= 0.6 is 0 Å². The summed E-state index contributed by atoms with van der Waals surface area (Å²) < 4.78 is 12.9. The molecule has 1 aromatic rings. The third-order valence-electron chi connectivity index (χ3n) is 4.74. The van der Waals surface area contributed by atoms with Crippen molar-refractivity contribution in [3.8, 4) is 0 Å². The Morgan fingerprint density at radius 1 is 1.38 bits per heavy atom. The fraction of sp³-hybridized carbons (Fsp3) is 0.643. The summed E-state index contributed by atoms with van der Waals surface area (Å²) in [7, 11) is 1.88. The number of anilines is 1. The van der Waals surface area contributed by atoms with Crippen LogP contribution in [0.3, 0.4) is 0 Å². The predicted molar refractivity (Wildman–Crippen MR) is 74.5 cm³/mol. The highest BCUT2D eigenvalue weighted by Gasteiger charge is 2.46. The first-order valence-electron chi connectivity index (χ1n) is 7.15. The van der Waals surface area contributed by atoms with Crippen molar-refractivity contribution in [3.05, 3.63) is 18.2 Å². The highest BCUT2D eigenvalue weighted by Crippen LogP contribution is 2.43. The van der Waals surface area contributed by atoms with Crippen molar-refractivity contribution < 1.29 is 14.3 Å². The molecule has 6 nitrogen and oxygen atoms in total. The molecule has 0 amide bonds. The molecule has 1 spiro atoms. The molecule has 2 saturated heterocycles. The number of carbonyl (C=O) groups is 1. The summed E-state index contributed by atoms with van der Waals surface area (Å²) in [5.74, 6) is -0.625. The molecule has 0 unspecified atom stereocenters.